The van der Waals surface area contributed by atoms with Crippen LogP contribution < -0.4 is 10.6 Å². The van der Waals surface area contributed by atoms with Crippen molar-refractivity contribution in [3.05, 3.63) is 29.3 Å². The van der Waals surface area contributed by atoms with Crippen LogP contribution in [0.3, 0.4) is 0 Å². The zero-order valence-corrected chi connectivity index (χ0v) is 13.3. The Morgan fingerprint density at radius 2 is 2.00 bits per heavy atom. The fourth-order valence-electron chi connectivity index (χ4n) is 2.17. The number of amides is 1. The summed E-state index contributed by atoms with van der Waals surface area (Å²) < 4.78 is 0. The summed E-state index contributed by atoms with van der Waals surface area (Å²) in [6.45, 7) is 10.1. The van der Waals surface area contributed by atoms with Crippen molar-refractivity contribution in [3.63, 3.8) is 0 Å². The summed E-state index contributed by atoms with van der Waals surface area (Å²) in [5.41, 5.74) is 2.82. The van der Waals surface area contributed by atoms with Crippen molar-refractivity contribution in [1.29, 1.82) is 0 Å². The van der Waals surface area contributed by atoms with Crippen LogP contribution in [-0.4, -0.2) is 19.0 Å². The SMILES string of the molecule is CCNc1cc(C)ccc1C(=O)NCCCCC(C)C. The number of hydrogen-bond donors (Lipinski definition) is 2. The molecule has 0 heterocycles. The van der Waals surface area contributed by atoms with Gasteiger partial charge in [0, 0.05) is 18.8 Å². The Balaban J connectivity index is 2.50. The fraction of sp³-hybridized carbons (Fsp3) is 0.588. The molecular weight excluding hydrogens is 248 g/mol. The van der Waals surface area contributed by atoms with Gasteiger partial charge in [0.15, 0.2) is 0 Å². The minimum Gasteiger partial charge on any atom is -0.385 e. The number of nitrogens with one attached hydrogen (secondary N) is 2. The molecule has 1 aromatic rings. The third-order valence-corrected chi connectivity index (χ3v) is 3.28. The van der Waals surface area contributed by atoms with Gasteiger partial charge in [-0.2, -0.15) is 0 Å². The third-order valence-electron chi connectivity index (χ3n) is 3.28. The summed E-state index contributed by atoms with van der Waals surface area (Å²) in [6, 6.07) is 5.91. The van der Waals surface area contributed by atoms with Crippen molar-refractivity contribution in [3.8, 4) is 0 Å². The molecule has 0 radical (unpaired) electrons. The number of anilines is 1. The van der Waals surface area contributed by atoms with E-state index in [0.29, 0.717) is 0 Å². The van der Waals surface area contributed by atoms with Crippen molar-refractivity contribution < 1.29 is 4.79 Å². The van der Waals surface area contributed by atoms with E-state index in [4.69, 9.17) is 0 Å². The zero-order valence-electron chi connectivity index (χ0n) is 13.3. The molecule has 3 nitrogen and oxygen atoms in total. The van der Waals surface area contributed by atoms with Gasteiger partial charge in [0.2, 0.25) is 0 Å². The van der Waals surface area contributed by atoms with Crippen LogP contribution in [0, 0.1) is 12.8 Å². The van der Waals surface area contributed by atoms with Gasteiger partial charge in [-0.3, -0.25) is 4.79 Å². The Morgan fingerprint density at radius 3 is 2.65 bits per heavy atom. The first-order valence-corrected chi connectivity index (χ1v) is 7.67. The number of carbonyl (C=O) groups is 1. The molecule has 0 fully saturated rings. The Hall–Kier alpha value is -1.51. The van der Waals surface area contributed by atoms with Gasteiger partial charge in [0.05, 0.1) is 5.56 Å². The molecule has 0 saturated carbocycles. The first kappa shape index (κ1) is 16.5. The lowest BCUT2D eigenvalue weighted by Crippen LogP contribution is -2.25. The predicted molar refractivity (Wildman–Crippen MR) is 86.4 cm³/mol. The van der Waals surface area contributed by atoms with Gasteiger partial charge in [0.25, 0.3) is 5.91 Å². The molecule has 0 saturated heterocycles. The number of carbonyl (C=O) groups excluding carboxylic acids is 1. The van der Waals surface area contributed by atoms with E-state index < -0.39 is 0 Å². The number of benzene rings is 1. The molecule has 0 aromatic heterocycles. The van der Waals surface area contributed by atoms with Gasteiger partial charge in [-0.15, -0.1) is 0 Å². The molecule has 0 bridgehead atoms. The van der Waals surface area contributed by atoms with E-state index in [0.717, 1.165) is 42.2 Å². The van der Waals surface area contributed by atoms with Crippen LogP contribution in [0.25, 0.3) is 0 Å². The van der Waals surface area contributed by atoms with Gasteiger partial charge in [0.1, 0.15) is 0 Å². The lowest BCUT2D eigenvalue weighted by Gasteiger charge is -2.12. The maximum atomic E-state index is 12.2. The highest BCUT2D eigenvalue weighted by Crippen LogP contribution is 2.17. The van der Waals surface area contributed by atoms with Crippen LogP contribution in [0.15, 0.2) is 18.2 Å². The highest BCUT2D eigenvalue weighted by Gasteiger charge is 2.10. The van der Waals surface area contributed by atoms with E-state index in [1.54, 1.807) is 0 Å². The van der Waals surface area contributed by atoms with E-state index in [-0.39, 0.29) is 5.91 Å². The minimum absolute atomic E-state index is 0.0190. The lowest BCUT2D eigenvalue weighted by atomic mass is 10.1. The van der Waals surface area contributed by atoms with E-state index in [2.05, 4.69) is 24.5 Å². The van der Waals surface area contributed by atoms with Gasteiger partial charge in [-0.05, 0) is 43.9 Å². The number of unbranched alkanes of at least 4 members (excludes halogenated alkanes) is 1. The summed E-state index contributed by atoms with van der Waals surface area (Å²) in [4.78, 5) is 12.2. The summed E-state index contributed by atoms with van der Waals surface area (Å²) in [7, 11) is 0. The number of rotatable bonds is 8. The van der Waals surface area contributed by atoms with Crippen LogP contribution in [0.2, 0.25) is 0 Å². The van der Waals surface area contributed by atoms with Crippen molar-refractivity contribution in [2.24, 2.45) is 5.92 Å². The second-order valence-electron chi connectivity index (χ2n) is 5.72. The van der Waals surface area contributed by atoms with Crippen LogP contribution in [0.5, 0.6) is 0 Å². The molecule has 112 valence electrons. The van der Waals surface area contributed by atoms with Crippen LogP contribution in [0.1, 0.15) is 56.0 Å². The topological polar surface area (TPSA) is 41.1 Å². The second kappa shape index (κ2) is 8.62. The van der Waals surface area contributed by atoms with E-state index in [1.807, 2.05) is 32.0 Å². The van der Waals surface area contributed by atoms with Crippen molar-refractivity contribution in [2.75, 3.05) is 18.4 Å². The molecule has 2 N–H and O–H groups in total. The van der Waals surface area contributed by atoms with Crippen molar-refractivity contribution >= 4 is 11.6 Å². The van der Waals surface area contributed by atoms with Gasteiger partial charge in [-0.1, -0.05) is 32.8 Å². The van der Waals surface area contributed by atoms with Gasteiger partial charge < -0.3 is 10.6 Å². The molecule has 1 aromatic carbocycles. The smallest absolute Gasteiger partial charge is 0.253 e. The van der Waals surface area contributed by atoms with Gasteiger partial charge in [-0.25, -0.2) is 0 Å². The Morgan fingerprint density at radius 1 is 1.25 bits per heavy atom. The molecule has 1 amide bonds. The fourth-order valence-corrected chi connectivity index (χ4v) is 2.17. The molecule has 1 rings (SSSR count). The van der Waals surface area contributed by atoms with Crippen molar-refractivity contribution in [1.82, 2.24) is 5.32 Å². The van der Waals surface area contributed by atoms with E-state index in [9.17, 15) is 4.79 Å². The molecule has 0 aliphatic rings. The molecule has 0 spiro atoms. The highest BCUT2D eigenvalue weighted by molar-refractivity contribution is 5.99. The summed E-state index contributed by atoms with van der Waals surface area (Å²) in [5.74, 6) is 0.758. The molecule has 20 heavy (non-hydrogen) atoms. The normalized spacial score (nSPS) is 10.7. The standard InChI is InChI=1S/C17H28N2O/c1-5-18-16-12-14(4)9-10-15(16)17(20)19-11-7-6-8-13(2)3/h9-10,12-13,18H,5-8,11H2,1-4H3,(H,19,20). The summed E-state index contributed by atoms with van der Waals surface area (Å²) in [6.07, 6.45) is 3.45. The van der Waals surface area contributed by atoms with Crippen LogP contribution >= 0.6 is 0 Å². The quantitative estimate of drug-likeness (QED) is 0.705. The maximum absolute atomic E-state index is 12.2. The molecule has 0 aliphatic carbocycles. The molecule has 3 heteroatoms. The maximum Gasteiger partial charge on any atom is 0.253 e. The van der Waals surface area contributed by atoms with Crippen molar-refractivity contribution in [2.45, 2.75) is 47.0 Å². The Bertz CT molecular complexity index is 427. The van der Waals surface area contributed by atoms with E-state index >= 15 is 0 Å². The van der Waals surface area contributed by atoms with Crippen LogP contribution in [0.4, 0.5) is 5.69 Å². The molecule has 0 atom stereocenters. The Labute approximate surface area is 123 Å². The number of aryl methyl sites for hydroxylation is 1. The predicted octanol–water partition coefficient (Wildman–Crippen LogP) is 3.98. The first-order valence-electron chi connectivity index (χ1n) is 7.67. The molecular formula is C17H28N2O. The average Bonchev–Trinajstić information content (AvgIpc) is 2.38. The number of hydrogen-bond acceptors (Lipinski definition) is 2. The monoisotopic (exact) mass is 276 g/mol. The Kier molecular flexibility index (Phi) is 7.13. The summed E-state index contributed by atoms with van der Waals surface area (Å²) >= 11 is 0. The largest absolute Gasteiger partial charge is 0.385 e. The average molecular weight is 276 g/mol. The van der Waals surface area contributed by atoms with E-state index in [1.165, 1.54) is 12.8 Å². The molecule has 0 unspecified atom stereocenters. The zero-order chi connectivity index (χ0) is 15.0. The van der Waals surface area contributed by atoms with Gasteiger partial charge >= 0.3 is 0 Å². The minimum atomic E-state index is 0.0190. The third kappa shape index (κ3) is 5.64. The highest BCUT2D eigenvalue weighted by atomic mass is 16.1. The summed E-state index contributed by atoms with van der Waals surface area (Å²) in [5, 5.41) is 6.27. The molecule has 0 aliphatic heterocycles. The lowest BCUT2D eigenvalue weighted by molar-refractivity contribution is 0.0953. The second-order valence-corrected chi connectivity index (χ2v) is 5.72. The van der Waals surface area contributed by atoms with Crippen LogP contribution in [-0.2, 0) is 0 Å². The first-order chi connectivity index (χ1) is 9.54.